The number of hydrogen-bond acceptors (Lipinski definition) is 4. The van der Waals surface area contributed by atoms with Gasteiger partial charge in [-0.15, -0.1) is 0 Å². The molecule has 4 nitrogen and oxygen atoms in total. The minimum absolute atomic E-state index is 0.111. The minimum Gasteiger partial charge on any atom is -0.394 e. The Kier molecular flexibility index (Phi) is 4.12. The van der Waals surface area contributed by atoms with Gasteiger partial charge in [0.15, 0.2) is 6.29 Å². The molecule has 78 valence electrons. The lowest BCUT2D eigenvalue weighted by Crippen LogP contribution is -2.42. The van der Waals surface area contributed by atoms with Crippen molar-refractivity contribution in [2.24, 2.45) is 0 Å². The van der Waals surface area contributed by atoms with Crippen molar-refractivity contribution in [3.05, 3.63) is 0 Å². The summed E-state index contributed by atoms with van der Waals surface area (Å²) in [7, 11) is 0. The van der Waals surface area contributed by atoms with Crippen LogP contribution in [0.25, 0.3) is 0 Å². The highest BCUT2D eigenvalue weighted by molar-refractivity contribution is 4.74. The van der Waals surface area contributed by atoms with Crippen LogP contribution < -0.4 is 0 Å². The first-order chi connectivity index (χ1) is 6.13. The Labute approximate surface area is 78.5 Å². The fourth-order valence-corrected chi connectivity index (χ4v) is 1.41. The zero-order chi connectivity index (χ0) is 9.84. The number of hydrogen-bond donors (Lipinski definition) is 2. The van der Waals surface area contributed by atoms with E-state index in [4.69, 9.17) is 14.6 Å². The number of ether oxygens (including phenoxy) is 2. The Morgan fingerprint density at radius 2 is 2.15 bits per heavy atom. The van der Waals surface area contributed by atoms with Gasteiger partial charge in [0.05, 0.1) is 18.8 Å². The Balaban J connectivity index is 2.36. The molecule has 2 N–H and O–H groups in total. The molecule has 0 aromatic heterocycles. The molecule has 0 aliphatic carbocycles. The van der Waals surface area contributed by atoms with Crippen molar-refractivity contribution in [2.75, 3.05) is 6.61 Å². The second kappa shape index (κ2) is 4.91. The van der Waals surface area contributed by atoms with Crippen LogP contribution in [0.15, 0.2) is 0 Å². The quantitative estimate of drug-likeness (QED) is 0.670. The summed E-state index contributed by atoms with van der Waals surface area (Å²) in [5, 5.41) is 18.3. The summed E-state index contributed by atoms with van der Waals surface area (Å²) in [5.41, 5.74) is 0. The molecular formula is C9H18O4. The van der Waals surface area contributed by atoms with Crippen molar-refractivity contribution in [1.82, 2.24) is 0 Å². The maximum atomic E-state index is 9.38. The highest BCUT2D eigenvalue weighted by Crippen LogP contribution is 2.21. The molecule has 1 heterocycles. The van der Waals surface area contributed by atoms with E-state index in [0.717, 1.165) is 0 Å². The van der Waals surface area contributed by atoms with Crippen LogP contribution in [0.5, 0.6) is 0 Å². The SMILES string of the molecule is CC(C)O[C@@H]1CC[C@H](O)[C@@H](CO)O1. The standard InChI is InChI=1S/C9H18O4/c1-6(2)12-9-4-3-7(11)8(5-10)13-9/h6-11H,3-5H2,1-2H3/t7-,8+,9-/m0/s1. The van der Waals surface area contributed by atoms with Crippen molar-refractivity contribution >= 4 is 0 Å². The van der Waals surface area contributed by atoms with Gasteiger partial charge < -0.3 is 19.7 Å². The molecule has 3 atom stereocenters. The number of aliphatic hydroxyl groups excluding tert-OH is 2. The summed E-state index contributed by atoms with van der Waals surface area (Å²) in [6.07, 6.45) is 0.105. The zero-order valence-electron chi connectivity index (χ0n) is 8.14. The van der Waals surface area contributed by atoms with Gasteiger partial charge in [-0.3, -0.25) is 0 Å². The topological polar surface area (TPSA) is 58.9 Å². The molecule has 0 radical (unpaired) electrons. The fourth-order valence-electron chi connectivity index (χ4n) is 1.41. The number of rotatable bonds is 3. The number of aliphatic hydroxyl groups is 2. The van der Waals surface area contributed by atoms with Gasteiger partial charge >= 0.3 is 0 Å². The van der Waals surface area contributed by atoms with Gasteiger partial charge in [0.25, 0.3) is 0 Å². The van der Waals surface area contributed by atoms with Gasteiger partial charge in [-0.1, -0.05) is 0 Å². The Morgan fingerprint density at radius 1 is 1.46 bits per heavy atom. The predicted molar refractivity (Wildman–Crippen MR) is 47.2 cm³/mol. The second-order valence-electron chi connectivity index (χ2n) is 3.62. The van der Waals surface area contributed by atoms with Gasteiger partial charge in [0.2, 0.25) is 0 Å². The molecule has 0 amide bonds. The molecule has 1 fully saturated rings. The van der Waals surface area contributed by atoms with Crippen molar-refractivity contribution < 1.29 is 19.7 Å². The summed E-state index contributed by atoms with van der Waals surface area (Å²) in [6, 6.07) is 0. The van der Waals surface area contributed by atoms with Crippen LogP contribution in [0.4, 0.5) is 0 Å². The summed E-state index contributed by atoms with van der Waals surface area (Å²) in [4.78, 5) is 0. The van der Waals surface area contributed by atoms with Crippen molar-refractivity contribution in [2.45, 2.75) is 51.3 Å². The van der Waals surface area contributed by atoms with Crippen LogP contribution in [0.1, 0.15) is 26.7 Å². The van der Waals surface area contributed by atoms with Gasteiger partial charge in [-0.2, -0.15) is 0 Å². The van der Waals surface area contributed by atoms with E-state index in [9.17, 15) is 5.11 Å². The van der Waals surface area contributed by atoms with E-state index in [1.54, 1.807) is 0 Å². The first kappa shape index (κ1) is 10.9. The molecule has 0 aromatic carbocycles. The lowest BCUT2D eigenvalue weighted by Gasteiger charge is -2.33. The highest BCUT2D eigenvalue weighted by Gasteiger charge is 2.30. The van der Waals surface area contributed by atoms with Crippen LogP contribution in [0.2, 0.25) is 0 Å². The lowest BCUT2D eigenvalue weighted by atomic mass is 10.1. The molecule has 1 aliphatic rings. The molecule has 1 saturated heterocycles. The summed E-state index contributed by atoms with van der Waals surface area (Å²) in [6.45, 7) is 3.71. The molecular weight excluding hydrogens is 172 g/mol. The van der Waals surface area contributed by atoms with E-state index < -0.39 is 12.2 Å². The van der Waals surface area contributed by atoms with E-state index in [1.165, 1.54) is 0 Å². The Morgan fingerprint density at radius 3 is 2.69 bits per heavy atom. The molecule has 1 aliphatic heterocycles. The molecule has 0 spiro atoms. The summed E-state index contributed by atoms with van der Waals surface area (Å²) >= 11 is 0. The van der Waals surface area contributed by atoms with E-state index in [0.29, 0.717) is 12.8 Å². The summed E-state index contributed by atoms with van der Waals surface area (Å²) < 4.78 is 10.8. The van der Waals surface area contributed by atoms with E-state index >= 15 is 0 Å². The van der Waals surface area contributed by atoms with E-state index in [1.807, 2.05) is 13.8 Å². The van der Waals surface area contributed by atoms with Crippen LogP contribution in [0, 0.1) is 0 Å². The average Bonchev–Trinajstić information content (AvgIpc) is 2.07. The first-order valence-corrected chi connectivity index (χ1v) is 4.73. The summed E-state index contributed by atoms with van der Waals surface area (Å²) in [5.74, 6) is 0. The van der Waals surface area contributed by atoms with Gasteiger partial charge in [-0.25, -0.2) is 0 Å². The maximum Gasteiger partial charge on any atom is 0.158 e. The zero-order valence-corrected chi connectivity index (χ0v) is 8.14. The molecule has 13 heavy (non-hydrogen) atoms. The third-order valence-electron chi connectivity index (χ3n) is 2.06. The van der Waals surface area contributed by atoms with Gasteiger partial charge in [0.1, 0.15) is 6.10 Å². The minimum atomic E-state index is -0.558. The lowest BCUT2D eigenvalue weighted by molar-refractivity contribution is -0.240. The largest absolute Gasteiger partial charge is 0.394 e. The van der Waals surface area contributed by atoms with E-state index in [-0.39, 0.29) is 19.0 Å². The van der Waals surface area contributed by atoms with Crippen molar-refractivity contribution in [3.8, 4) is 0 Å². The molecule has 0 saturated carbocycles. The van der Waals surface area contributed by atoms with Crippen LogP contribution in [0.3, 0.4) is 0 Å². The average molecular weight is 190 g/mol. The maximum absolute atomic E-state index is 9.38. The molecule has 0 aromatic rings. The monoisotopic (exact) mass is 190 g/mol. The molecule has 1 rings (SSSR count). The highest BCUT2D eigenvalue weighted by atomic mass is 16.7. The van der Waals surface area contributed by atoms with E-state index in [2.05, 4.69) is 0 Å². The molecule has 0 unspecified atom stereocenters. The Hall–Kier alpha value is -0.160. The Bertz CT molecular complexity index is 149. The van der Waals surface area contributed by atoms with Crippen molar-refractivity contribution in [3.63, 3.8) is 0 Å². The second-order valence-corrected chi connectivity index (χ2v) is 3.62. The fraction of sp³-hybridized carbons (Fsp3) is 1.00. The predicted octanol–water partition coefficient (Wildman–Crippen LogP) is 0.270. The third-order valence-corrected chi connectivity index (χ3v) is 2.06. The van der Waals surface area contributed by atoms with Crippen LogP contribution >= 0.6 is 0 Å². The van der Waals surface area contributed by atoms with Crippen LogP contribution in [-0.2, 0) is 9.47 Å². The molecule has 4 heteroatoms. The van der Waals surface area contributed by atoms with Gasteiger partial charge in [0, 0.05) is 6.42 Å². The smallest absolute Gasteiger partial charge is 0.158 e. The van der Waals surface area contributed by atoms with Crippen LogP contribution in [-0.4, -0.2) is 41.4 Å². The van der Waals surface area contributed by atoms with Crippen molar-refractivity contribution in [1.29, 1.82) is 0 Å². The normalized spacial score (nSPS) is 35.3. The third kappa shape index (κ3) is 3.23. The van der Waals surface area contributed by atoms with Gasteiger partial charge in [-0.05, 0) is 20.3 Å². The molecule has 0 bridgehead atoms. The first-order valence-electron chi connectivity index (χ1n) is 4.73.